The molecule has 1 fully saturated rings. The van der Waals surface area contributed by atoms with Crippen LogP contribution < -0.4 is 20.7 Å². The number of carbonyl (C=O) groups excluding carboxylic acids is 3. The van der Waals surface area contributed by atoms with Crippen molar-refractivity contribution < 1.29 is 38.8 Å². The van der Waals surface area contributed by atoms with E-state index in [0.29, 0.717) is 5.57 Å². The van der Waals surface area contributed by atoms with E-state index in [4.69, 9.17) is 10.6 Å². The zero-order valence-corrected chi connectivity index (χ0v) is 21.1. The summed E-state index contributed by atoms with van der Waals surface area (Å²) in [6.45, 7) is 2.70. The predicted octanol–water partition coefficient (Wildman–Crippen LogP) is -1.90. The summed E-state index contributed by atoms with van der Waals surface area (Å²) in [6.07, 6.45) is 6.43. The molecule has 2 amide bonds. The molecule has 0 bridgehead atoms. The Morgan fingerprint density at radius 2 is 2.08 bits per heavy atom. The number of thiazole rings is 1. The van der Waals surface area contributed by atoms with E-state index in [1.54, 1.807) is 29.4 Å². The monoisotopic (exact) mass is 547 g/mol. The molecule has 0 saturated carbocycles. The number of hydrogen-bond acceptors (Lipinski definition) is 12. The molecule has 0 aromatic carbocycles. The first-order valence-corrected chi connectivity index (χ1v) is 12.6. The molecule has 2 aliphatic heterocycles. The number of β-lactam (4-membered cyclic amide) rings is 1. The average molecular weight is 548 g/mol. The van der Waals surface area contributed by atoms with Gasteiger partial charge in [-0.1, -0.05) is 5.16 Å². The fourth-order valence-corrected chi connectivity index (χ4v) is 5.36. The number of thioether (sulfide) groups is 1. The summed E-state index contributed by atoms with van der Waals surface area (Å²) in [5.74, 6) is -4.07. The predicted molar refractivity (Wildman–Crippen MR) is 127 cm³/mol. The Bertz CT molecular complexity index is 1330. The van der Waals surface area contributed by atoms with Crippen LogP contribution >= 0.6 is 23.1 Å². The van der Waals surface area contributed by atoms with Gasteiger partial charge in [0.2, 0.25) is 5.60 Å². The smallest absolute Gasteiger partial charge is 0.350 e. The molecule has 4 rings (SSSR count). The van der Waals surface area contributed by atoms with E-state index in [1.165, 1.54) is 31.0 Å². The number of carboxylic acids is 2. The fraction of sp³-hybridized carbons (Fsp3) is 0.333. The number of nitrogens with zero attached hydrogens (tertiary/aromatic N) is 5. The number of nitrogens with one attached hydrogen (secondary N) is 1. The number of anilines is 1. The van der Waals surface area contributed by atoms with E-state index < -0.39 is 40.8 Å². The van der Waals surface area contributed by atoms with Crippen LogP contribution in [0.25, 0.3) is 0 Å². The second kappa shape index (κ2) is 10.1. The Labute approximate surface area is 217 Å². The molecular weight excluding hydrogens is 526 g/mol. The van der Waals surface area contributed by atoms with E-state index in [2.05, 4.69) is 20.4 Å². The maximum atomic E-state index is 13.1. The summed E-state index contributed by atoms with van der Waals surface area (Å²) in [5.41, 5.74) is 3.76. The lowest BCUT2D eigenvalue weighted by Gasteiger charge is -2.50. The van der Waals surface area contributed by atoms with Gasteiger partial charge >= 0.3 is 5.97 Å². The van der Waals surface area contributed by atoms with Gasteiger partial charge in [0.15, 0.2) is 29.8 Å². The summed E-state index contributed by atoms with van der Waals surface area (Å²) in [7, 11) is 0. The van der Waals surface area contributed by atoms with E-state index in [1.807, 2.05) is 0 Å². The lowest BCUT2D eigenvalue weighted by atomic mass is 10.0. The zero-order chi connectivity index (χ0) is 26.9. The first-order chi connectivity index (χ1) is 17.5. The summed E-state index contributed by atoms with van der Waals surface area (Å²) in [4.78, 5) is 63.5. The maximum Gasteiger partial charge on any atom is 0.350 e. The van der Waals surface area contributed by atoms with Gasteiger partial charge in [0.1, 0.15) is 17.1 Å². The van der Waals surface area contributed by atoms with Gasteiger partial charge in [-0.05, 0) is 13.8 Å². The highest BCUT2D eigenvalue weighted by Gasteiger charge is 2.53. The summed E-state index contributed by atoms with van der Waals surface area (Å²) in [5, 5.41) is 28.3. The highest BCUT2D eigenvalue weighted by molar-refractivity contribution is 8.00. The van der Waals surface area contributed by atoms with Crippen molar-refractivity contribution in [2.24, 2.45) is 5.16 Å². The van der Waals surface area contributed by atoms with E-state index in [0.717, 1.165) is 16.2 Å². The molecule has 0 aliphatic carbocycles. The molecule has 14 nitrogen and oxygen atoms in total. The standard InChI is InChI=1S/C21H21N7O7S2/c1-21(2,19(33)34)35-26-12(11-9-37-20(22)24-11)15(29)25-13-16(30)28-14(18(31)32)10(8-36-17(13)28)7-27-5-3-23-4-6-27/h3-6,9,13,17H,7-8H2,1-2H3,(H4-,22,24,25,29,31,32,33,34)/b26-12-/t13?,17-/m1/s1. The van der Waals surface area contributed by atoms with Crippen molar-refractivity contribution >= 4 is 57.7 Å². The highest BCUT2D eigenvalue weighted by atomic mass is 32.2. The minimum absolute atomic E-state index is 0.0214. The van der Waals surface area contributed by atoms with E-state index in [9.17, 15) is 29.4 Å². The van der Waals surface area contributed by atoms with Crippen molar-refractivity contribution in [1.82, 2.24) is 20.2 Å². The molecule has 4 heterocycles. The third-order valence-corrected chi connectivity index (χ3v) is 7.46. The van der Waals surface area contributed by atoms with Crippen molar-refractivity contribution in [3.8, 4) is 0 Å². The second-order valence-electron chi connectivity index (χ2n) is 8.44. The van der Waals surface area contributed by atoms with Crippen molar-refractivity contribution in [2.75, 3.05) is 11.5 Å². The van der Waals surface area contributed by atoms with Gasteiger partial charge in [-0.25, -0.2) is 9.78 Å². The Morgan fingerprint density at radius 3 is 2.68 bits per heavy atom. The molecule has 16 heteroatoms. The Kier molecular flexibility index (Phi) is 7.13. The van der Waals surface area contributed by atoms with Crippen molar-refractivity contribution in [2.45, 2.75) is 37.4 Å². The third-order valence-electron chi connectivity index (χ3n) is 5.45. The minimum Gasteiger partial charge on any atom is -0.543 e. The molecule has 4 N–H and O–H groups in total. The van der Waals surface area contributed by atoms with E-state index >= 15 is 0 Å². The number of nitrogen functional groups attached to an aromatic ring is 1. The van der Waals surface area contributed by atoms with Crippen molar-refractivity contribution in [1.29, 1.82) is 0 Å². The molecule has 1 unspecified atom stereocenters. The van der Waals surface area contributed by atoms with Crippen LogP contribution in [-0.4, -0.2) is 72.2 Å². The van der Waals surface area contributed by atoms with Crippen molar-refractivity contribution in [3.05, 3.63) is 47.1 Å². The van der Waals surface area contributed by atoms with Crippen LogP contribution in [0, 0.1) is 0 Å². The number of amides is 2. The first kappa shape index (κ1) is 26.0. The van der Waals surface area contributed by atoms with Gasteiger partial charge in [0.05, 0.1) is 24.1 Å². The van der Waals surface area contributed by atoms with Crippen LogP contribution in [0.2, 0.25) is 0 Å². The SMILES string of the molecule is CC(C)(O/N=C(\C(=O)NC1C(=O)N2C(C(=O)[O-])=C(C[n+]3ccncc3)CS[C@H]12)c1csc(N)n1)C(=O)O. The van der Waals surface area contributed by atoms with Crippen LogP contribution in [0.15, 0.2) is 46.6 Å². The topological polar surface area (TPSA) is 204 Å². The van der Waals surface area contributed by atoms with Gasteiger partial charge in [-0.15, -0.1) is 23.1 Å². The number of oxime groups is 1. The van der Waals surface area contributed by atoms with Gasteiger partial charge in [-0.3, -0.25) is 19.5 Å². The maximum absolute atomic E-state index is 13.1. The molecule has 2 aromatic heterocycles. The van der Waals surface area contributed by atoms with Gasteiger partial charge < -0.3 is 30.9 Å². The number of aliphatic carboxylic acids is 2. The largest absolute Gasteiger partial charge is 0.543 e. The summed E-state index contributed by atoms with van der Waals surface area (Å²) < 4.78 is 1.72. The lowest BCUT2D eigenvalue weighted by Crippen LogP contribution is -2.71. The molecule has 1 saturated heterocycles. The number of hydrogen-bond donors (Lipinski definition) is 3. The van der Waals surface area contributed by atoms with E-state index in [-0.39, 0.29) is 34.5 Å². The number of rotatable bonds is 9. The first-order valence-electron chi connectivity index (χ1n) is 10.7. The summed E-state index contributed by atoms with van der Waals surface area (Å²) in [6, 6.07) is -1.07. The number of nitrogens with two attached hydrogens (primary N) is 1. The second-order valence-corrected chi connectivity index (χ2v) is 10.4. The Balaban J connectivity index is 1.55. The molecule has 2 atom stereocenters. The normalized spacial score (nSPS) is 19.7. The fourth-order valence-electron chi connectivity index (χ4n) is 3.48. The molecule has 194 valence electrons. The average Bonchev–Trinajstić information content (AvgIpc) is 3.28. The highest BCUT2D eigenvalue weighted by Crippen LogP contribution is 2.40. The van der Waals surface area contributed by atoms with Gasteiger partial charge in [0.25, 0.3) is 11.8 Å². The number of fused-ring (bicyclic) bond motifs is 1. The quantitative estimate of drug-likeness (QED) is 0.137. The summed E-state index contributed by atoms with van der Waals surface area (Å²) >= 11 is 2.30. The molecule has 2 aliphatic rings. The van der Waals surface area contributed by atoms with Crippen LogP contribution in [0.1, 0.15) is 19.5 Å². The van der Waals surface area contributed by atoms with Crippen LogP contribution in [-0.2, 0) is 30.6 Å². The van der Waals surface area contributed by atoms with Crippen LogP contribution in [0.3, 0.4) is 0 Å². The molecule has 0 spiro atoms. The van der Waals surface area contributed by atoms with Gasteiger partial charge in [-0.2, -0.15) is 4.57 Å². The van der Waals surface area contributed by atoms with Crippen molar-refractivity contribution in [3.63, 3.8) is 0 Å². The number of carbonyl (C=O) groups is 4. The molecule has 2 aromatic rings. The van der Waals surface area contributed by atoms with Crippen LogP contribution in [0.4, 0.5) is 5.13 Å². The lowest BCUT2D eigenvalue weighted by molar-refractivity contribution is -0.689. The van der Waals surface area contributed by atoms with Crippen LogP contribution in [0.5, 0.6) is 0 Å². The molecule has 37 heavy (non-hydrogen) atoms. The van der Waals surface area contributed by atoms with Gasteiger partial charge in [0, 0.05) is 16.7 Å². The molecular formula is C21H21N7O7S2. The zero-order valence-electron chi connectivity index (χ0n) is 19.5. The Morgan fingerprint density at radius 1 is 1.38 bits per heavy atom. The third kappa shape index (κ3) is 5.24. The number of carboxylic acid groups (broad SMARTS) is 2. The molecule has 0 radical (unpaired) electrons. The minimum atomic E-state index is -1.76. The number of aromatic nitrogens is 3. The Hall–Kier alpha value is -4.05.